The number of allylic oxidation sites excluding steroid dienone is 1. The molecule has 0 saturated heterocycles. The molecule has 0 aliphatic heterocycles. The van der Waals surface area contributed by atoms with Crippen LogP contribution in [-0.2, 0) is 0 Å². The molecule has 0 amide bonds. The molecule has 0 saturated carbocycles. The second kappa shape index (κ2) is 12.2. The molecule has 0 fully saturated rings. The number of aromatic nitrogens is 4. The van der Waals surface area contributed by atoms with E-state index < -0.39 is 6.23 Å². The smallest absolute Gasteiger partial charge is 0.224 e. The number of hydrogen-bond acceptors (Lipinski definition) is 7. The molecule has 0 spiro atoms. The van der Waals surface area contributed by atoms with Crippen LogP contribution in [0.3, 0.4) is 0 Å². The predicted molar refractivity (Wildman–Crippen MR) is 130 cm³/mol. The molecule has 7 nitrogen and oxygen atoms in total. The van der Waals surface area contributed by atoms with Crippen molar-refractivity contribution in [3.8, 4) is 11.3 Å². The van der Waals surface area contributed by atoms with Gasteiger partial charge >= 0.3 is 0 Å². The number of hydrogen-bond donors (Lipinski definition) is 3. The largest absolute Gasteiger partial charge is 0.374 e. The van der Waals surface area contributed by atoms with Gasteiger partial charge in [0.15, 0.2) is 0 Å². The Morgan fingerprint density at radius 2 is 1.87 bits per heavy atom. The van der Waals surface area contributed by atoms with Crippen molar-refractivity contribution in [3.63, 3.8) is 0 Å². The van der Waals surface area contributed by atoms with E-state index in [-0.39, 0.29) is 8.77 Å². The third-order valence-electron chi connectivity index (χ3n) is 4.34. The third kappa shape index (κ3) is 6.74. The number of aliphatic hydroxyl groups is 1. The minimum absolute atomic E-state index is 0. The average molecular weight is 423 g/mol. The van der Waals surface area contributed by atoms with Gasteiger partial charge in [0.1, 0.15) is 6.23 Å². The van der Waals surface area contributed by atoms with Crippen LogP contribution >= 0.6 is 0 Å². The SMILES string of the molecule is C=C=C(Nc1ccc(-c2cnccn2)cc1)C(CC)c1ccnc(NC(C)O)n1.CC.[HH].[HH]. The van der Waals surface area contributed by atoms with E-state index in [1.54, 1.807) is 31.7 Å². The zero-order chi connectivity index (χ0) is 22.6. The fourth-order valence-corrected chi connectivity index (χ4v) is 2.97. The minimum atomic E-state index is -0.731. The molecule has 3 N–H and O–H groups in total. The molecule has 2 atom stereocenters. The van der Waals surface area contributed by atoms with Gasteiger partial charge in [0.2, 0.25) is 5.95 Å². The first kappa shape index (κ1) is 23.7. The minimum Gasteiger partial charge on any atom is -0.374 e. The number of anilines is 2. The lowest BCUT2D eigenvalue weighted by molar-refractivity contribution is 0.223. The van der Waals surface area contributed by atoms with Crippen LogP contribution < -0.4 is 10.6 Å². The Balaban J connectivity index is 0.00000249. The molecule has 0 aliphatic carbocycles. The summed E-state index contributed by atoms with van der Waals surface area (Å²) in [4.78, 5) is 17.1. The van der Waals surface area contributed by atoms with Crippen molar-refractivity contribution in [2.45, 2.75) is 46.3 Å². The molecular formula is C24H34N6O. The zero-order valence-corrected chi connectivity index (χ0v) is 18.5. The van der Waals surface area contributed by atoms with Gasteiger partial charge in [0.25, 0.3) is 0 Å². The molecule has 2 aromatic heterocycles. The standard InChI is InChI=1S/C22H24N6O.C2H6.2H2/c1-4-18(20-10-11-25-22(28-20)26-15(3)29)19(5-2)27-17-8-6-16(7-9-17)21-14-23-12-13-24-21;1-2;;/h6-15,18,27,29H,2,4H2,1,3H3,(H,25,26,28);1-2H3;2*1H. The average Bonchev–Trinajstić information content (AvgIpc) is 2.81. The van der Waals surface area contributed by atoms with E-state index in [9.17, 15) is 5.11 Å². The molecule has 3 rings (SSSR count). The molecule has 2 heterocycles. The van der Waals surface area contributed by atoms with Gasteiger partial charge in [-0.25, -0.2) is 9.97 Å². The first-order valence-electron chi connectivity index (χ1n) is 10.4. The van der Waals surface area contributed by atoms with Gasteiger partial charge < -0.3 is 15.7 Å². The highest BCUT2D eigenvalue weighted by Crippen LogP contribution is 2.28. The molecule has 31 heavy (non-hydrogen) atoms. The highest BCUT2D eigenvalue weighted by molar-refractivity contribution is 5.63. The number of aliphatic hydroxyl groups excluding tert-OH is 1. The summed E-state index contributed by atoms with van der Waals surface area (Å²) in [7, 11) is 0. The van der Waals surface area contributed by atoms with Gasteiger partial charge in [-0.2, -0.15) is 0 Å². The number of nitrogens with one attached hydrogen (secondary N) is 2. The highest BCUT2D eigenvalue weighted by atomic mass is 16.3. The summed E-state index contributed by atoms with van der Waals surface area (Å²) < 4.78 is 0. The lowest BCUT2D eigenvalue weighted by Crippen LogP contribution is -2.17. The van der Waals surface area contributed by atoms with E-state index >= 15 is 0 Å². The highest BCUT2D eigenvalue weighted by Gasteiger charge is 2.18. The quantitative estimate of drug-likeness (QED) is 0.327. The summed E-state index contributed by atoms with van der Waals surface area (Å²) in [6.45, 7) is 11.5. The summed E-state index contributed by atoms with van der Waals surface area (Å²) in [5.74, 6) is 0.345. The van der Waals surface area contributed by atoms with Gasteiger partial charge in [-0.15, -0.1) is 5.73 Å². The first-order valence-corrected chi connectivity index (χ1v) is 10.4. The predicted octanol–water partition coefficient (Wildman–Crippen LogP) is 5.48. The van der Waals surface area contributed by atoms with Crippen molar-refractivity contribution >= 4 is 11.6 Å². The fourth-order valence-electron chi connectivity index (χ4n) is 2.97. The van der Waals surface area contributed by atoms with Crippen molar-refractivity contribution in [2.75, 3.05) is 10.6 Å². The zero-order valence-electron chi connectivity index (χ0n) is 18.5. The van der Waals surface area contributed by atoms with Gasteiger partial charge in [0.05, 0.1) is 23.3 Å². The van der Waals surface area contributed by atoms with E-state index in [0.29, 0.717) is 5.95 Å². The van der Waals surface area contributed by atoms with Crippen molar-refractivity contribution in [2.24, 2.45) is 0 Å². The van der Waals surface area contributed by atoms with Crippen LogP contribution in [0, 0.1) is 0 Å². The molecule has 7 heteroatoms. The lowest BCUT2D eigenvalue weighted by atomic mass is 9.98. The monoisotopic (exact) mass is 422 g/mol. The number of nitrogens with zero attached hydrogens (tertiary/aromatic N) is 4. The molecule has 0 radical (unpaired) electrons. The Bertz CT molecular complexity index is 993. The van der Waals surface area contributed by atoms with Crippen LogP contribution in [0.15, 0.2) is 73.1 Å². The molecule has 2 unspecified atom stereocenters. The Morgan fingerprint density at radius 3 is 2.45 bits per heavy atom. The maximum atomic E-state index is 9.51. The molecule has 0 aliphatic rings. The first-order chi connectivity index (χ1) is 15.1. The van der Waals surface area contributed by atoms with E-state index in [4.69, 9.17) is 0 Å². The van der Waals surface area contributed by atoms with Gasteiger partial charge in [-0.05, 0) is 31.5 Å². The van der Waals surface area contributed by atoms with Crippen LogP contribution in [0.2, 0.25) is 0 Å². The van der Waals surface area contributed by atoms with Crippen molar-refractivity contribution in [1.29, 1.82) is 0 Å². The molecule has 1 aromatic carbocycles. The molecular weight excluding hydrogens is 388 g/mol. The number of rotatable bonds is 8. The van der Waals surface area contributed by atoms with E-state index in [1.807, 2.05) is 44.2 Å². The molecule has 0 bridgehead atoms. The van der Waals surface area contributed by atoms with Crippen molar-refractivity contribution in [3.05, 3.63) is 78.8 Å². The summed E-state index contributed by atoms with van der Waals surface area (Å²) in [5, 5.41) is 15.7. The van der Waals surface area contributed by atoms with E-state index in [2.05, 4.69) is 49.8 Å². The maximum absolute atomic E-state index is 9.51. The summed E-state index contributed by atoms with van der Waals surface area (Å²) in [6, 6.07) is 9.80. The lowest BCUT2D eigenvalue weighted by Gasteiger charge is -2.19. The Morgan fingerprint density at radius 1 is 1.13 bits per heavy atom. The molecule has 166 valence electrons. The Labute approximate surface area is 187 Å². The summed E-state index contributed by atoms with van der Waals surface area (Å²) in [6.07, 6.45) is 6.80. The van der Waals surface area contributed by atoms with Crippen LogP contribution in [-0.4, -0.2) is 31.3 Å². The van der Waals surface area contributed by atoms with Crippen molar-refractivity contribution < 1.29 is 7.96 Å². The van der Waals surface area contributed by atoms with Crippen LogP contribution in [0.4, 0.5) is 11.6 Å². The van der Waals surface area contributed by atoms with Gasteiger partial charge in [-0.3, -0.25) is 9.97 Å². The maximum Gasteiger partial charge on any atom is 0.224 e. The number of benzene rings is 1. The second-order valence-corrected chi connectivity index (χ2v) is 6.47. The van der Waals surface area contributed by atoms with Crippen LogP contribution in [0.25, 0.3) is 11.3 Å². The van der Waals surface area contributed by atoms with Crippen LogP contribution in [0.1, 0.15) is 48.6 Å². The molecule has 3 aromatic rings. The van der Waals surface area contributed by atoms with E-state index in [0.717, 1.165) is 34.8 Å². The summed E-state index contributed by atoms with van der Waals surface area (Å²) >= 11 is 0. The van der Waals surface area contributed by atoms with E-state index in [1.165, 1.54) is 0 Å². The Hall–Kier alpha value is -3.54. The summed E-state index contributed by atoms with van der Waals surface area (Å²) in [5.41, 5.74) is 7.38. The fraction of sp³-hybridized carbons (Fsp3) is 0.292. The third-order valence-corrected chi connectivity index (χ3v) is 4.34. The second-order valence-electron chi connectivity index (χ2n) is 6.47. The van der Waals surface area contributed by atoms with Crippen LogP contribution in [0.5, 0.6) is 0 Å². The van der Waals surface area contributed by atoms with Gasteiger partial charge in [-0.1, -0.05) is 39.5 Å². The topological polar surface area (TPSA) is 95.9 Å². The van der Waals surface area contributed by atoms with Crippen molar-refractivity contribution in [1.82, 2.24) is 19.9 Å². The normalized spacial score (nSPS) is 11.9. The Kier molecular flexibility index (Phi) is 9.36. The van der Waals surface area contributed by atoms with Gasteiger partial charge in [0, 0.05) is 38.6 Å².